The highest BCUT2D eigenvalue weighted by atomic mass is 16.2. The van der Waals surface area contributed by atoms with Crippen molar-refractivity contribution in [2.45, 2.75) is 6.54 Å². The number of nitrogens with one attached hydrogen (secondary N) is 1. The Morgan fingerprint density at radius 3 is 2.80 bits per heavy atom. The van der Waals surface area contributed by atoms with E-state index in [-0.39, 0.29) is 18.0 Å². The minimum atomic E-state index is -0.168. The van der Waals surface area contributed by atoms with Crippen molar-refractivity contribution in [1.82, 2.24) is 19.8 Å². The van der Waals surface area contributed by atoms with Gasteiger partial charge in [0.05, 0.1) is 17.2 Å². The van der Waals surface area contributed by atoms with Gasteiger partial charge in [0.2, 0.25) is 5.91 Å². The molecular weight excluding hydrogens is 256 g/mol. The lowest BCUT2D eigenvalue weighted by Gasteiger charge is -2.27. The van der Waals surface area contributed by atoms with Crippen molar-refractivity contribution in [3.05, 3.63) is 40.9 Å². The van der Waals surface area contributed by atoms with E-state index in [0.29, 0.717) is 24.0 Å². The molecule has 1 aromatic heterocycles. The summed E-state index contributed by atoms with van der Waals surface area (Å²) in [6, 6.07) is 7.16. The second kappa shape index (κ2) is 5.42. The molecule has 1 N–H and O–H groups in total. The van der Waals surface area contributed by atoms with Crippen LogP contribution in [-0.2, 0) is 11.3 Å². The highest BCUT2D eigenvalue weighted by molar-refractivity contribution is 5.79. The van der Waals surface area contributed by atoms with Crippen LogP contribution in [-0.4, -0.2) is 46.5 Å². The van der Waals surface area contributed by atoms with Gasteiger partial charge in [0.25, 0.3) is 5.56 Å². The first-order valence-corrected chi connectivity index (χ1v) is 6.68. The van der Waals surface area contributed by atoms with Crippen molar-refractivity contribution in [2.75, 3.05) is 26.2 Å². The molecule has 1 aliphatic rings. The second-order valence-corrected chi connectivity index (χ2v) is 4.83. The average Bonchev–Trinajstić information content (AvgIpc) is 2.51. The molecule has 104 valence electrons. The summed E-state index contributed by atoms with van der Waals surface area (Å²) in [5.41, 5.74) is 0.488. The first-order valence-electron chi connectivity index (χ1n) is 6.68. The highest BCUT2D eigenvalue weighted by Gasteiger charge is 2.17. The van der Waals surface area contributed by atoms with Crippen LogP contribution in [0.2, 0.25) is 0 Å². The molecule has 1 aromatic carbocycles. The zero-order valence-corrected chi connectivity index (χ0v) is 11.1. The van der Waals surface area contributed by atoms with Crippen LogP contribution in [0.1, 0.15) is 0 Å². The SMILES string of the molecule is O=C(Cn1cnc2ccccc2c1=O)N1CCNCC1. The van der Waals surface area contributed by atoms with Gasteiger partial charge in [-0.15, -0.1) is 0 Å². The number of carbonyl (C=O) groups excluding carboxylic acids is 1. The topological polar surface area (TPSA) is 67.2 Å². The number of aromatic nitrogens is 2. The van der Waals surface area contributed by atoms with E-state index in [0.717, 1.165) is 13.1 Å². The Bertz CT molecular complexity index is 689. The predicted octanol–water partition coefficient (Wildman–Crippen LogP) is -0.172. The molecule has 1 amide bonds. The molecule has 20 heavy (non-hydrogen) atoms. The standard InChI is InChI=1S/C14H16N4O2/c19-13(17-7-5-15-6-8-17)9-18-10-16-12-4-2-1-3-11(12)14(18)20/h1-4,10,15H,5-9H2. The van der Waals surface area contributed by atoms with Crippen molar-refractivity contribution in [1.29, 1.82) is 0 Å². The molecule has 0 radical (unpaired) electrons. The van der Waals surface area contributed by atoms with Crippen LogP contribution in [0.15, 0.2) is 35.4 Å². The predicted molar refractivity (Wildman–Crippen MR) is 75.5 cm³/mol. The summed E-state index contributed by atoms with van der Waals surface area (Å²) in [5, 5.41) is 3.74. The number of benzene rings is 1. The Kier molecular flexibility index (Phi) is 3.47. The number of nitrogens with zero attached hydrogens (tertiary/aromatic N) is 3. The van der Waals surface area contributed by atoms with Gasteiger partial charge in [-0.1, -0.05) is 12.1 Å². The molecule has 6 nitrogen and oxygen atoms in total. The van der Waals surface area contributed by atoms with Crippen molar-refractivity contribution in [3.63, 3.8) is 0 Å². The third kappa shape index (κ3) is 2.42. The Balaban J connectivity index is 1.85. The molecule has 0 saturated carbocycles. The summed E-state index contributed by atoms with van der Waals surface area (Å²) in [7, 11) is 0. The van der Waals surface area contributed by atoms with Gasteiger partial charge in [-0.25, -0.2) is 4.98 Å². The van der Waals surface area contributed by atoms with Crippen LogP contribution in [0, 0.1) is 0 Å². The third-order valence-electron chi connectivity index (χ3n) is 3.51. The Morgan fingerprint density at radius 2 is 2.00 bits per heavy atom. The number of carbonyl (C=O) groups is 1. The van der Waals surface area contributed by atoms with Crippen LogP contribution in [0.25, 0.3) is 10.9 Å². The molecule has 2 aromatic rings. The number of hydrogen-bond acceptors (Lipinski definition) is 4. The lowest BCUT2D eigenvalue weighted by Crippen LogP contribution is -2.48. The van der Waals surface area contributed by atoms with E-state index in [1.54, 1.807) is 23.1 Å². The smallest absolute Gasteiger partial charge is 0.261 e. The van der Waals surface area contributed by atoms with Gasteiger partial charge in [-0.05, 0) is 12.1 Å². The van der Waals surface area contributed by atoms with Crippen LogP contribution in [0.3, 0.4) is 0 Å². The average molecular weight is 272 g/mol. The van der Waals surface area contributed by atoms with Crippen LogP contribution in [0.5, 0.6) is 0 Å². The van der Waals surface area contributed by atoms with Crippen molar-refractivity contribution < 1.29 is 4.79 Å². The van der Waals surface area contributed by atoms with Gasteiger partial charge in [-0.2, -0.15) is 0 Å². The van der Waals surface area contributed by atoms with Crippen molar-refractivity contribution >= 4 is 16.8 Å². The van der Waals surface area contributed by atoms with Gasteiger partial charge >= 0.3 is 0 Å². The lowest BCUT2D eigenvalue weighted by molar-refractivity contribution is -0.132. The number of amides is 1. The monoisotopic (exact) mass is 272 g/mol. The van der Waals surface area contributed by atoms with E-state index < -0.39 is 0 Å². The Labute approximate surface area is 116 Å². The zero-order valence-electron chi connectivity index (χ0n) is 11.1. The largest absolute Gasteiger partial charge is 0.339 e. The second-order valence-electron chi connectivity index (χ2n) is 4.83. The molecule has 0 atom stereocenters. The maximum Gasteiger partial charge on any atom is 0.261 e. The van der Waals surface area contributed by atoms with Gasteiger partial charge in [0, 0.05) is 26.2 Å². The fraction of sp³-hybridized carbons (Fsp3) is 0.357. The maximum absolute atomic E-state index is 12.3. The maximum atomic E-state index is 12.3. The lowest BCUT2D eigenvalue weighted by atomic mass is 10.2. The number of para-hydroxylation sites is 1. The van der Waals surface area contributed by atoms with E-state index >= 15 is 0 Å². The number of piperazine rings is 1. The van der Waals surface area contributed by atoms with E-state index in [1.165, 1.54) is 10.9 Å². The fourth-order valence-corrected chi connectivity index (χ4v) is 2.38. The molecule has 6 heteroatoms. The summed E-state index contributed by atoms with van der Waals surface area (Å²) < 4.78 is 1.38. The Morgan fingerprint density at radius 1 is 1.25 bits per heavy atom. The van der Waals surface area contributed by atoms with Crippen LogP contribution in [0.4, 0.5) is 0 Å². The van der Waals surface area contributed by atoms with Gasteiger partial charge in [0.15, 0.2) is 0 Å². The molecular formula is C14H16N4O2. The molecule has 3 rings (SSSR count). The molecule has 0 spiro atoms. The van der Waals surface area contributed by atoms with Gasteiger partial charge < -0.3 is 10.2 Å². The third-order valence-corrected chi connectivity index (χ3v) is 3.51. The van der Waals surface area contributed by atoms with Crippen molar-refractivity contribution in [2.24, 2.45) is 0 Å². The quantitative estimate of drug-likeness (QED) is 0.824. The van der Waals surface area contributed by atoms with E-state index in [4.69, 9.17) is 0 Å². The fourth-order valence-electron chi connectivity index (χ4n) is 2.38. The summed E-state index contributed by atoms with van der Waals surface area (Å²) in [4.78, 5) is 30.4. The minimum absolute atomic E-state index is 0.0364. The Hall–Kier alpha value is -2.21. The number of rotatable bonds is 2. The summed E-state index contributed by atoms with van der Waals surface area (Å²) >= 11 is 0. The molecule has 1 fully saturated rings. The molecule has 1 saturated heterocycles. The molecule has 0 aliphatic carbocycles. The van der Waals surface area contributed by atoms with Gasteiger partial charge in [0.1, 0.15) is 6.54 Å². The first kappa shape index (κ1) is 12.8. The molecule has 2 heterocycles. The minimum Gasteiger partial charge on any atom is -0.339 e. The molecule has 0 bridgehead atoms. The van der Waals surface area contributed by atoms with Crippen LogP contribution < -0.4 is 10.9 Å². The number of fused-ring (bicyclic) bond motifs is 1. The molecule has 1 aliphatic heterocycles. The van der Waals surface area contributed by atoms with Crippen LogP contribution >= 0.6 is 0 Å². The summed E-state index contributed by atoms with van der Waals surface area (Å²) in [6.07, 6.45) is 1.45. The van der Waals surface area contributed by atoms with Gasteiger partial charge in [-0.3, -0.25) is 14.2 Å². The molecule has 0 unspecified atom stereocenters. The first-order chi connectivity index (χ1) is 9.75. The highest BCUT2D eigenvalue weighted by Crippen LogP contribution is 2.05. The van der Waals surface area contributed by atoms with Crippen molar-refractivity contribution in [3.8, 4) is 0 Å². The summed E-state index contributed by atoms with van der Waals surface area (Å²) in [5.74, 6) is -0.0364. The zero-order chi connectivity index (χ0) is 13.9. The van der Waals surface area contributed by atoms with E-state index in [1.807, 2.05) is 6.07 Å². The summed E-state index contributed by atoms with van der Waals surface area (Å²) in [6.45, 7) is 3.03. The van der Waals surface area contributed by atoms with E-state index in [2.05, 4.69) is 10.3 Å². The number of hydrogen-bond donors (Lipinski definition) is 1. The van der Waals surface area contributed by atoms with E-state index in [9.17, 15) is 9.59 Å². The normalized spacial score (nSPS) is 15.5.